The first-order valence-corrected chi connectivity index (χ1v) is 12.3. The molecule has 35 heavy (non-hydrogen) atoms. The van der Waals surface area contributed by atoms with Crippen LogP contribution in [0.25, 0.3) is 11.0 Å². The van der Waals surface area contributed by atoms with Crippen LogP contribution in [-0.4, -0.2) is 17.2 Å². The summed E-state index contributed by atoms with van der Waals surface area (Å²) in [7, 11) is -3.98. The number of nitriles is 2. The lowest BCUT2D eigenvalue weighted by Gasteiger charge is -2.21. The number of rotatable bonds is 4. The van der Waals surface area contributed by atoms with Gasteiger partial charge in [0.25, 0.3) is 0 Å². The van der Waals surface area contributed by atoms with Gasteiger partial charge < -0.3 is 8.80 Å². The fourth-order valence-corrected chi connectivity index (χ4v) is 6.40. The molecular formula is C26H18N6O2S. The van der Waals surface area contributed by atoms with E-state index in [1.54, 1.807) is 36.7 Å². The Morgan fingerprint density at radius 3 is 1.51 bits per heavy atom. The minimum atomic E-state index is -3.98. The van der Waals surface area contributed by atoms with E-state index in [0.29, 0.717) is 33.6 Å². The maximum absolute atomic E-state index is 13.9. The standard InChI is InChI=1S/C26H18N6O2S/c27-13-21-19(15-29-11-5-3-7-23(21)29)17-31-25-9-1-2-10-26(25)32(35(31,33)34)18-20-16-30-12-6-4-8-24(30)22(20)14-28/h1-12,15-16H,17-18H2. The molecule has 5 heterocycles. The summed E-state index contributed by atoms with van der Waals surface area (Å²) >= 11 is 0. The summed E-state index contributed by atoms with van der Waals surface area (Å²) in [5.74, 6) is 0. The van der Waals surface area contributed by atoms with Gasteiger partial charge in [-0.15, -0.1) is 0 Å². The van der Waals surface area contributed by atoms with Gasteiger partial charge in [0.1, 0.15) is 12.1 Å². The lowest BCUT2D eigenvalue weighted by atomic mass is 10.1. The SMILES string of the molecule is N#Cc1c(CN2c3ccccc3N(Cc3cn4ccccc4c3C#N)S2(=O)=O)cn2ccccc12. The van der Waals surface area contributed by atoms with Crippen molar-refractivity contribution >= 4 is 32.6 Å². The number of aromatic nitrogens is 2. The average molecular weight is 479 g/mol. The zero-order valence-electron chi connectivity index (χ0n) is 18.4. The maximum Gasteiger partial charge on any atom is 0.327 e. The van der Waals surface area contributed by atoms with Crippen LogP contribution in [0.5, 0.6) is 0 Å². The molecule has 0 atom stereocenters. The number of para-hydroxylation sites is 2. The number of benzene rings is 1. The first-order valence-electron chi connectivity index (χ1n) is 10.9. The first-order chi connectivity index (χ1) is 17.0. The van der Waals surface area contributed by atoms with Gasteiger partial charge in [0.2, 0.25) is 0 Å². The predicted molar refractivity (Wildman–Crippen MR) is 132 cm³/mol. The van der Waals surface area contributed by atoms with Crippen LogP contribution in [0.4, 0.5) is 11.4 Å². The zero-order chi connectivity index (χ0) is 24.2. The van der Waals surface area contributed by atoms with Crippen LogP contribution >= 0.6 is 0 Å². The number of fused-ring (bicyclic) bond motifs is 3. The average Bonchev–Trinajstić information content (AvgIpc) is 3.48. The molecule has 4 aromatic heterocycles. The van der Waals surface area contributed by atoms with Crippen LogP contribution < -0.4 is 8.61 Å². The molecule has 170 valence electrons. The number of anilines is 2. The highest BCUT2D eigenvalue weighted by Gasteiger charge is 2.41. The van der Waals surface area contributed by atoms with Crippen LogP contribution in [-0.2, 0) is 23.3 Å². The van der Waals surface area contributed by atoms with Gasteiger partial charge in [-0.1, -0.05) is 24.3 Å². The molecule has 0 saturated carbocycles. The van der Waals surface area contributed by atoms with Crippen molar-refractivity contribution in [3.05, 3.63) is 108 Å². The monoisotopic (exact) mass is 478 g/mol. The van der Waals surface area contributed by atoms with E-state index in [4.69, 9.17) is 0 Å². The Kier molecular flexibility index (Phi) is 4.56. The summed E-state index contributed by atoms with van der Waals surface area (Å²) in [5.41, 5.74) is 4.65. The third kappa shape index (κ3) is 3.07. The van der Waals surface area contributed by atoms with Crippen molar-refractivity contribution < 1.29 is 8.42 Å². The fourth-order valence-electron chi connectivity index (χ4n) is 4.75. The van der Waals surface area contributed by atoms with Crippen LogP contribution in [0.3, 0.4) is 0 Å². The van der Waals surface area contributed by atoms with Crippen molar-refractivity contribution in [2.24, 2.45) is 0 Å². The molecule has 0 saturated heterocycles. The Balaban J connectivity index is 1.44. The number of hydrogen-bond acceptors (Lipinski definition) is 4. The van der Waals surface area contributed by atoms with Gasteiger partial charge in [-0.3, -0.25) is 0 Å². The minimum Gasteiger partial charge on any atom is -0.322 e. The second-order valence-electron chi connectivity index (χ2n) is 8.28. The largest absolute Gasteiger partial charge is 0.327 e. The summed E-state index contributed by atoms with van der Waals surface area (Å²) in [6, 6.07) is 22.6. The molecule has 0 unspecified atom stereocenters. The van der Waals surface area contributed by atoms with E-state index >= 15 is 0 Å². The minimum absolute atomic E-state index is 0.0171. The van der Waals surface area contributed by atoms with Gasteiger partial charge >= 0.3 is 10.2 Å². The Morgan fingerprint density at radius 2 is 1.09 bits per heavy atom. The highest BCUT2D eigenvalue weighted by molar-refractivity contribution is 7.94. The van der Waals surface area contributed by atoms with E-state index < -0.39 is 10.2 Å². The fraction of sp³-hybridized carbons (Fsp3) is 0.0769. The van der Waals surface area contributed by atoms with Crippen molar-refractivity contribution in [3.8, 4) is 12.1 Å². The van der Waals surface area contributed by atoms with Crippen molar-refractivity contribution in [1.29, 1.82) is 10.5 Å². The van der Waals surface area contributed by atoms with Crippen LogP contribution in [0, 0.1) is 22.7 Å². The van der Waals surface area contributed by atoms with Crippen LogP contribution in [0.2, 0.25) is 0 Å². The first kappa shape index (κ1) is 20.8. The molecular weight excluding hydrogens is 460 g/mol. The highest BCUT2D eigenvalue weighted by atomic mass is 32.2. The summed E-state index contributed by atoms with van der Waals surface area (Å²) in [6.45, 7) is 0.0343. The molecule has 0 amide bonds. The van der Waals surface area contributed by atoms with Crippen molar-refractivity contribution in [1.82, 2.24) is 8.80 Å². The third-order valence-electron chi connectivity index (χ3n) is 6.35. The van der Waals surface area contributed by atoms with Crippen molar-refractivity contribution in [2.75, 3.05) is 8.61 Å². The van der Waals surface area contributed by atoms with E-state index in [1.165, 1.54) is 8.61 Å². The molecule has 0 fully saturated rings. The lowest BCUT2D eigenvalue weighted by Crippen LogP contribution is -2.37. The molecule has 1 aliphatic heterocycles. The number of nitrogens with zero attached hydrogens (tertiary/aromatic N) is 6. The summed E-state index contributed by atoms with van der Waals surface area (Å²) in [5, 5.41) is 19.6. The van der Waals surface area contributed by atoms with E-state index in [0.717, 1.165) is 11.0 Å². The van der Waals surface area contributed by atoms with Gasteiger partial charge in [0.05, 0.1) is 46.6 Å². The van der Waals surface area contributed by atoms with E-state index in [-0.39, 0.29) is 13.1 Å². The normalized spacial score (nSPS) is 14.2. The van der Waals surface area contributed by atoms with E-state index in [2.05, 4.69) is 12.1 Å². The molecule has 0 aliphatic carbocycles. The predicted octanol–water partition coefficient (Wildman–Crippen LogP) is 4.21. The van der Waals surface area contributed by atoms with Gasteiger partial charge in [-0.2, -0.15) is 18.9 Å². The van der Waals surface area contributed by atoms with Crippen LogP contribution in [0.1, 0.15) is 22.3 Å². The summed E-state index contributed by atoms with van der Waals surface area (Å²) < 4.78 is 34.0. The molecule has 6 rings (SSSR count). The quantitative estimate of drug-likeness (QED) is 0.387. The Labute approximate surface area is 201 Å². The molecule has 0 radical (unpaired) electrons. The summed E-state index contributed by atoms with van der Waals surface area (Å²) in [6.07, 6.45) is 7.26. The second kappa shape index (κ2) is 7.66. The van der Waals surface area contributed by atoms with Crippen molar-refractivity contribution in [2.45, 2.75) is 13.1 Å². The second-order valence-corrected chi connectivity index (χ2v) is 10.1. The zero-order valence-corrected chi connectivity index (χ0v) is 19.2. The van der Waals surface area contributed by atoms with Gasteiger partial charge in [0.15, 0.2) is 0 Å². The topological polar surface area (TPSA) is 97.0 Å². The Bertz CT molecular complexity index is 1690. The summed E-state index contributed by atoms with van der Waals surface area (Å²) in [4.78, 5) is 0. The van der Waals surface area contributed by atoms with Gasteiger partial charge in [-0.25, -0.2) is 8.61 Å². The lowest BCUT2D eigenvalue weighted by molar-refractivity contribution is 0.588. The van der Waals surface area contributed by atoms with Crippen LogP contribution in [0.15, 0.2) is 85.5 Å². The molecule has 1 aromatic carbocycles. The molecule has 9 heteroatoms. The molecule has 0 spiro atoms. The highest BCUT2D eigenvalue weighted by Crippen LogP contribution is 2.43. The van der Waals surface area contributed by atoms with Gasteiger partial charge in [-0.05, 0) is 36.4 Å². The molecule has 8 nitrogen and oxygen atoms in total. The van der Waals surface area contributed by atoms with Crippen molar-refractivity contribution in [3.63, 3.8) is 0 Å². The Hall–Kier alpha value is -4.73. The maximum atomic E-state index is 13.9. The number of pyridine rings is 2. The Morgan fingerprint density at radius 1 is 0.657 bits per heavy atom. The van der Waals surface area contributed by atoms with E-state index in [1.807, 2.05) is 57.6 Å². The molecule has 5 aromatic rings. The molecule has 0 N–H and O–H groups in total. The smallest absolute Gasteiger partial charge is 0.322 e. The van der Waals surface area contributed by atoms with E-state index in [9.17, 15) is 18.9 Å². The third-order valence-corrected chi connectivity index (χ3v) is 8.12. The van der Waals surface area contributed by atoms with Gasteiger partial charge in [0, 0.05) is 35.9 Å². The molecule has 1 aliphatic rings. The number of hydrogen-bond donors (Lipinski definition) is 0. The molecule has 0 bridgehead atoms.